The first kappa shape index (κ1) is 13.0. The number of pyridine rings is 1. The van der Waals surface area contributed by atoms with Gasteiger partial charge in [-0.05, 0) is 30.9 Å². The third-order valence-electron chi connectivity index (χ3n) is 2.75. The van der Waals surface area contributed by atoms with Crippen molar-refractivity contribution in [1.29, 1.82) is 0 Å². The van der Waals surface area contributed by atoms with E-state index >= 15 is 0 Å². The molecular weight excluding hydrogens is 215 g/mol. The first-order valence-electron chi connectivity index (χ1n) is 5.38. The van der Waals surface area contributed by atoms with Crippen LogP contribution in [0.1, 0.15) is 37.2 Å². The van der Waals surface area contributed by atoms with E-state index in [1.54, 1.807) is 6.92 Å². The molecule has 0 radical (unpaired) electrons. The molecule has 0 amide bonds. The van der Waals surface area contributed by atoms with Crippen molar-refractivity contribution in [2.24, 2.45) is 5.92 Å². The first-order valence-corrected chi connectivity index (χ1v) is 5.38. The second kappa shape index (κ2) is 4.85. The fourth-order valence-electron chi connectivity index (χ4n) is 1.48. The van der Waals surface area contributed by atoms with E-state index in [0.717, 1.165) is 24.5 Å². The van der Waals surface area contributed by atoms with Gasteiger partial charge in [-0.1, -0.05) is 26.3 Å². The van der Waals surface area contributed by atoms with Gasteiger partial charge in [0.2, 0.25) is 0 Å². The van der Waals surface area contributed by atoms with Crippen molar-refractivity contribution in [2.75, 3.05) is 0 Å². The van der Waals surface area contributed by atoms with Gasteiger partial charge in [0.05, 0.1) is 0 Å². The quantitative estimate of drug-likeness (QED) is 0.766. The number of rotatable bonds is 3. The van der Waals surface area contributed by atoms with E-state index in [-0.39, 0.29) is 0 Å². The predicted molar refractivity (Wildman–Crippen MR) is 57.1 cm³/mol. The van der Waals surface area contributed by atoms with Gasteiger partial charge in [-0.25, -0.2) is 4.98 Å². The summed E-state index contributed by atoms with van der Waals surface area (Å²) in [6, 6.07) is 2.60. The van der Waals surface area contributed by atoms with Crippen molar-refractivity contribution in [1.82, 2.24) is 4.98 Å². The molecule has 0 N–H and O–H groups in total. The minimum absolute atomic E-state index is 0.470. The van der Waals surface area contributed by atoms with Crippen molar-refractivity contribution in [3.8, 4) is 0 Å². The van der Waals surface area contributed by atoms with E-state index in [1.807, 2.05) is 0 Å². The number of aromatic nitrogens is 1. The minimum Gasteiger partial charge on any atom is -0.248 e. The SMILES string of the molecule is CCC(C)Cc1ccc(C(F)(F)F)nc1C. The van der Waals surface area contributed by atoms with Gasteiger partial charge in [-0.3, -0.25) is 0 Å². The number of nitrogens with zero attached hydrogens (tertiary/aromatic N) is 1. The Labute approximate surface area is 93.7 Å². The summed E-state index contributed by atoms with van der Waals surface area (Å²) in [5.41, 5.74) is 0.579. The van der Waals surface area contributed by atoms with Crippen LogP contribution in [-0.2, 0) is 12.6 Å². The van der Waals surface area contributed by atoms with Gasteiger partial charge in [0.1, 0.15) is 5.69 Å². The molecule has 0 aliphatic heterocycles. The van der Waals surface area contributed by atoms with Gasteiger partial charge in [0, 0.05) is 5.69 Å². The summed E-state index contributed by atoms with van der Waals surface area (Å²) in [5, 5.41) is 0. The molecule has 0 fully saturated rings. The zero-order valence-electron chi connectivity index (χ0n) is 9.73. The van der Waals surface area contributed by atoms with Crippen molar-refractivity contribution >= 4 is 0 Å². The number of hydrogen-bond acceptors (Lipinski definition) is 1. The van der Waals surface area contributed by atoms with Crippen LogP contribution >= 0.6 is 0 Å². The van der Waals surface area contributed by atoms with E-state index in [1.165, 1.54) is 6.07 Å². The van der Waals surface area contributed by atoms with Crippen LogP contribution in [0.25, 0.3) is 0 Å². The van der Waals surface area contributed by atoms with Crippen LogP contribution in [0, 0.1) is 12.8 Å². The molecule has 1 nitrogen and oxygen atoms in total. The molecule has 90 valence electrons. The Morgan fingerprint density at radius 1 is 1.31 bits per heavy atom. The maximum atomic E-state index is 12.4. The molecule has 1 aromatic rings. The van der Waals surface area contributed by atoms with Crippen LogP contribution < -0.4 is 0 Å². The maximum absolute atomic E-state index is 12.4. The molecule has 0 aliphatic carbocycles. The van der Waals surface area contributed by atoms with E-state index in [9.17, 15) is 13.2 Å². The summed E-state index contributed by atoms with van der Waals surface area (Å²) in [4.78, 5) is 3.61. The summed E-state index contributed by atoms with van der Waals surface area (Å²) in [6.07, 6.45) is -2.55. The summed E-state index contributed by atoms with van der Waals surface area (Å²) in [7, 11) is 0. The summed E-state index contributed by atoms with van der Waals surface area (Å²) in [5.74, 6) is 0.470. The molecular formula is C12H16F3N. The molecule has 0 saturated heterocycles. The van der Waals surface area contributed by atoms with Gasteiger partial charge >= 0.3 is 6.18 Å². The van der Waals surface area contributed by atoms with Gasteiger partial charge < -0.3 is 0 Å². The van der Waals surface area contributed by atoms with Crippen LogP contribution in [0.2, 0.25) is 0 Å². The lowest BCUT2D eigenvalue weighted by molar-refractivity contribution is -0.141. The molecule has 1 heterocycles. The maximum Gasteiger partial charge on any atom is 0.433 e. The Kier molecular flexibility index (Phi) is 3.94. The summed E-state index contributed by atoms with van der Waals surface area (Å²) >= 11 is 0. The van der Waals surface area contributed by atoms with Crippen LogP contribution in [0.15, 0.2) is 12.1 Å². The first-order chi connectivity index (χ1) is 7.34. The zero-order chi connectivity index (χ0) is 12.3. The smallest absolute Gasteiger partial charge is 0.248 e. The molecule has 1 atom stereocenters. The minimum atomic E-state index is -4.35. The Morgan fingerprint density at radius 2 is 1.94 bits per heavy atom. The average Bonchev–Trinajstić information content (AvgIpc) is 2.19. The standard InChI is InChI=1S/C12H16F3N/c1-4-8(2)7-10-5-6-11(12(13,14)15)16-9(10)3/h5-6,8H,4,7H2,1-3H3. The molecule has 0 bridgehead atoms. The van der Waals surface area contributed by atoms with E-state index in [2.05, 4.69) is 18.8 Å². The van der Waals surface area contributed by atoms with Crippen LogP contribution in [0.4, 0.5) is 13.2 Å². The predicted octanol–water partition coefficient (Wildman–Crippen LogP) is 4.00. The number of alkyl halides is 3. The van der Waals surface area contributed by atoms with E-state index < -0.39 is 11.9 Å². The molecule has 4 heteroatoms. The molecule has 0 aromatic carbocycles. The highest BCUT2D eigenvalue weighted by atomic mass is 19.4. The highest BCUT2D eigenvalue weighted by Gasteiger charge is 2.32. The lowest BCUT2D eigenvalue weighted by Gasteiger charge is -2.12. The van der Waals surface area contributed by atoms with Gasteiger partial charge in [-0.15, -0.1) is 0 Å². The second-order valence-electron chi connectivity index (χ2n) is 4.16. The van der Waals surface area contributed by atoms with E-state index in [0.29, 0.717) is 11.6 Å². The Hall–Kier alpha value is -1.06. The molecule has 16 heavy (non-hydrogen) atoms. The molecule has 1 rings (SSSR count). The highest BCUT2D eigenvalue weighted by molar-refractivity contribution is 5.23. The van der Waals surface area contributed by atoms with Gasteiger partial charge in [0.25, 0.3) is 0 Å². The summed E-state index contributed by atoms with van der Waals surface area (Å²) in [6.45, 7) is 5.78. The Bertz CT molecular complexity index is 358. The lowest BCUT2D eigenvalue weighted by atomic mass is 9.98. The molecule has 0 spiro atoms. The topological polar surface area (TPSA) is 12.9 Å². The normalized spacial score (nSPS) is 13.9. The largest absolute Gasteiger partial charge is 0.433 e. The molecule has 1 unspecified atom stereocenters. The average molecular weight is 231 g/mol. The summed E-state index contributed by atoms with van der Waals surface area (Å²) < 4.78 is 37.1. The van der Waals surface area contributed by atoms with Crippen molar-refractivity contribution in [3.63, 3.8) is 0 Å². The van der Waals surface area contributed by atoms with E-state index in [4.69, 9.17) is 0 Å². The molecule has 1 aromatic heterocycles. The van der Waals surface area contributed by atoms with Crippen LogP contribution in [0.3, 0.4) is 0 Å². The van der Waals surface area contributed by atoms with Crippen molar-refractivity contribution in [3.05, 3.63) is 29.1 Å². The number of aryl methyl sites for hydroxylation is 1. The van der Waals surface area contributed by atoms with Gasteiger partial charge in [0.15, 0.2) is 0 Å². The van der Waals surface area contributed by atoms with Crippen LogP contribution in [-0.4, -0.2) is 4.98 Å². The Balaban J connectivity index is 2.92. The lowest BCUT2D eigenvalue weighted by Crippen LogP contribution is -2.10. The third kappa shape index (κ3) is 3.22. The molecule has 0 aliphatic rings. The van der Waals surface area contributed by atoms with Crippen molar-refractivity contribution in [2.45, 2.75) is 39.8 Å². The number of halogens is 3. The highest BCUT2D eigenvalue weighted by Crippen LogP contribution is 2.28. The van der Waals surface area contributed by atoms with Crippen LogP contribution in [0.5, 0.6) is 0 Å². The van der Waals surface area contributed by atoms with Gasteiger partial charge in [-0.2, -0.15) is 13.2 Å². The fourth-order valence-corrected chi connectivity index (χ4v) is 1.48. The Morgan fingerprint density at radius 3 is 2.38 bits per heavy atom. The second-order valence-corrected chi connectivity index (χ2v) is 4.16. The molecule has 0 saturated carbocycles. The number of hydrogen-bond donors (Lipinski definition) is 0. The van der Waals surface area contributed by atoms with Crippen molar-refractivity contribution < 1.29 is 13.2 Å². The fraction of sp³-hybridized carbons (Fsp3) is 0.583. The zero-order valence-corrected chi connectivity index (χ0v) is 9.73. The monoisotopic (exact) mass is 231 g/mol. The third-order valence-corrected chi connectivity index (χ3v) is 2.75.